The third-order valence-electron chi connectivity index (χ3n) is 2.61. The molecule has 0 atom stereocenters. The normalized spacial score (nSPS) is 10.9. The first-order valence-electron chi connectivity index (χ1n) is 5.39. The number of hydrogen-bond acceptors (Lipinski definition) is 3. The van der Waals surface area contributed by atoms with Gasteiger partial charge in [0.1, 0.15) is 11.3 Å². The van der Waals surface area contributed by atoms with Crippen molar-refractivity contribution in [3.63, 3.8) is 0 Å². The van der Waals surface area contributed by atoms with Gasteiger partial charge < -0.3 is 0 Å². The third kappa shape index (κ3) is 2.52. The summed E-state index contributed by atoms with van der Waals surface area (Å²) in [5, 5.41) is 0.318. The van der Waals surface area contributed by atoms with Gasteiger partial charge in [-0.3, -0.25) is 0 Å². The van der Waals surface area contributed by atoms with Gasteiger partial charge in [-0.1, -0.05) is 11.6 Å². The summed E-state index contributed by atoms with van der Waals surface area (Å²) in [6.45, 7) is 0. The summed E-state index contributed by atoms with van der Waals surface area (Å²) < 4.78 is 13.5. The van der Waals surface area contributed by atoms with Crippen LogP contribution in [0.5, 0.6) is 0 Å². The second-order valence-electron chi connectivity index (χ2n) is 3.85. The lowest BCUT2D eigenvalue weighted by Gasteiger charge is -2.04. The first-order valence-corrected chi connectivity index (χ1v) is 6.85. The van der Waals surface area contributed by atoms with E-state index in [1.807, 2.05) is 34.7 Å². The van der Waals surface area contributed by atoms with E-state index in [1.54, 1.807) is 12.1 Å². The molecule has 19 heavy (non-hydrogen) atoms. The van der Waals surface area contributed by atoms with Gasteiger partial charge in [0, 0.05) is 28.2 Å². The molecule has 6 heteroatoms. The lowest BCUT2D eigenvalue weighted by Crippen LogP contribution is -1.94. The molecule has 0 amide bonds. The van der Waals surface area contributed by atoms with Crippen LogP contribution in [0.25, 0.3) is 22.3 Å². The molecule has 0 aliphatic heterocycles. The van der Waals surface area contributed by atoms with Crippen molar-refractivity contribution in [2.45, 2.75) is 0 Å². The van der Waals surface area contributed by atoms with E-state index in [4.69, 9.17) is 11.6 Å². The Hall–Kier alpha value is -1.34. The smallest absolute Gasteiger partial charge is 0.192 e. The highest BCUT2D eigenvalue weighted by atomic mass is 127. The summed E-state index contributed by atoms with van der Waals surface area (Å²) in [7, 11) is 0. The van der Waals surface area contributed by atoms with Crippen LogP contribution in [0.3, 0.4) is 0 Å². The molecule has 3 nitrogen and oxygen atoms in total. The van der Waals surface area contributed by atoms with E-state index in [0.717, 1.165) is 5.56 Å². The summed E-state index contributed by atoms with van der Waals surface area (Å²) in [6.07, 6.45) is 0. The highest BCUT2D eigenvalue weighted by Gasteiger charge is 2.08. The maximum atomic E-state index is 12.9. The Morgan fingerprint density at radius 2 is 1.68 bits per heavy atom. The first kappa shape index (κ1) is 12.7. The van der Waals surface area contributed by atoms with Gasteiger partial charge in [0.2, 0.25) is 0 Å². The molecule has 0 bridgehead atoms. The van der Waals surface area contributed by atoms with Crippen molar-refractivity contribution in [1.29, 1.82) is 0 Å². The van der Waals surface area contributed by atoms with Crippen LogP contribution in [0.4, 0.5) is 4.39 Å². The maximum Gasteiger partial charge on any atom is 0.192 e. The van der Waals surface area contributed by atoms with Crippen LogP contribution in [-0.4, -0.2) is 15.0 Å². The Morgan fingerprint density at radius 3 is 2.42 bits per heavy atom. The Labute approximate surface area is 127 Å². The Bertz CT molecular complexity index is 762. The lowest BCUT2D eigenvalue weighted by atomic mass is 10.1. The minimum Gasteiger partial charge on any atom is -0.243 e. The van der Waals surface area contributed by atoms with Crippen molar-refractivity contribution >= 4 is 45.2 Å². The largest absolute Gasteiger partial charge is 0.243 e. The monoisotopic (exact) mass is 385 g/mol. The molecule has 2 heterocycles. The van der Waals surface area contributed by atoms with Gasteiger partial charge in [-0.15, -0.1) is 0 Å². The lowest BCUT2D eigenvalue weighted by molar-refractivity contribution is 0.628. The zero-order valence-electron chi connectivity index (χ0n) is 9.44. The topological polar surface area (TPSA) is 38.7 Å². The molecule has 0 spiro atoms. The summed E-state index contributed by atoms with van der Waals surface area (Å²) in [4.78, 5) is 12.8. The Morgan fingerprint density at radius 1 is 0.947 bits per heavy atom. The predicted octanol–water partition coefficient (Wildman–Crippen LogP) is 4.09. The third-order valence-corrected chi connectivity index (χ3v) is 3.36. The van der Waals surface area contributed by atoms with Crippen molar-refractivity contribution in [1.82, 2.24) is 15.0 Å². The highest BCUT2D eigenvalue weighted by molar-refractivity contribution is 14.1. The standard InChI is InChI=1S/C13H6ClFIN3/c14-12-11-10(18-13(16)19-12)6-5-9(17-11)7-1-3-8(15)4-2-7/h1-6H. The summed E-state index contributed by atoms with van der Waals surface area (Å²) in [5.74, 6) is -0.277. The molecule has 0 fully saturated rings. The van der Waals surface area contributed by atoms with Crippen LogP contribution in [-0.2, 0) is 0 Å². The molecule has 0 unspecified atom stereocenters. The molecule has 2 aromatic heterocycles. The number of pyridine rings is 1. The first-order chi connectivity index (χ1) is 9.13. The van der Waals surface area contributed by atoms with E-state index in [-0.39, 0.29) is 5.82 Å². The van der Waals surface area contributed by atoms with Gasteiger partial charge >= 0.3 is 0 Å². The highest BCUT2D eigenvalue weighted by Crippen LogP contribution is 2.24. The van der Waals surface area contributed by atoms with E-state index in [0.29, 0.717) is 25.7 Å². The molecule has 0 saturated heterocycles. The zero-order valence-corrected chi connectivity index (χ0v) is 12.4. The maximum absolute atomic E-state index is 12.9. The number of aromatic nitrogens is 3. The Kier molecular flexibility index (Phi) is 3.32. The Balaban J connectivity index is 2.19. The van der Waals surface area contributed by atoms with Crippen molar-refractivity contribution < 1.29 is 4.39 Å². The summed E-state index contributed by atoms with van der Waals surface area (Å²) in [6, 6.07) is 9.79. The van der Waals surface area contributed by atoms with E-state index in [1.165, 1.54) is 12.1 Å². The number of halogens is 3. The average Bonchev–Trinajstić information content (AvgIpc) is 2.39. The minimum atomic E-state index is -0.277. The van der Waals surface area contributed by atoms with Crippen molar-refractivity contribution in [2.24, 2.45) is 0 Å². The van der Waals surface area contributed by atoms with Crippen LogP contribution < -0.4 is 0 Å². The van der Waals surface area contributed by atoms with Gasteiger partial charge in [-0.05, 0) is 36.4 Å². The fourth-order valence-corrected chi connectivity index (χ4v) is 2.60. The summed E-state index contributed by atoms with van der Waals surface area (Å²) >= 11 is 8.07. The van der Waals surface area contributed by atoms with Crippen LogP contribution in [0.15, 0.2) is 36.4 Å². The van der Waals surface area contributed by atoms with Gasteiger partial charge in [0.15, 0.2) is 8.98 Å². The quantitative estimate of drug-likeness (QED) is 0.360. The van der Waals surface area contributed by atoms with Gasteiger partial charge in [-0.25, -0.2) is 19.3 Å². The van der Waals surface area contributed by atoms with Crippen molar-refractivity contribution in [2.75, 3.05) is 0 Å². The zero-order chi connectivity index (χ0) is 13.4. The molecule has 0 radical (unpaired) electrons. The summed E-state index contributed by atoms with van der Waals surface area (Å²) in [5.41, 5.74) is 2.76. The van der Waals surface area contributed by atoms with Gasteiger partial charge in [0.25, 0.3) is 0 Å². The molecule has 0 N–H and O–H groups in total. The average molecular weight is 386 g/mol. The van der Waals surface area contributed by atoms with Crippen LogP contribution in [0.1, 0.15) is 0 Å². The van der Waals surface area contributed by atoms with E-state index >= 15 is 0 Å². The van der Waals surface area contributed by atoms with E-state index < -0.39 is 0 Å². The number of fused-ring (bicyclic) bond motifs is 1. The molecule has 3 rings (SSSR count). The molecular weight excluding hydrogens is 380 g/mol. The molecule has 0 saturated carbocycles. The molecule has 0 aliphatic rings. The van der Waals surface area contributed by atoms with Crippen LogP contribution >= 0.6 is 34.2 Å². The second kappa shape index (κ2) is 4.97. The van der Waals surface area contributed by atoms with Crippen molar-refractivity contribution in [3.05, 3.63) is 51.2 Å². The van der Waals surface area contributed by atoms with E-state index in [9.17, 15) is 4.39 Å². The van der Waals surface area contributed by atoms with Crippen molar-refractivity contribution in [3.8, 4) is 11.3 Å². The van der Waals surface area contributed by atoms with Gasteiger partial charge in [-0.2, -0.15) is 0 Å². The fourth-order valence-electron chi connectivity index (χ4n) is 1.73. The number of rotatable bonds is 1. The SMILES string of the molecule is Fc1ccc(-c2ccc3nc(I)nc(Cl)c3n2)cc1. The number of nitrogens with zero attached hydrogens (tertiary/aromatic N) is 3. The van der Waals surface area contributed by atoms with Gasteiger partial charge in [0.05, 0.1) is 11.2 Å². The number of benzene rings is 1. The molecular formula is C13H6ClFIN3. The predicted molar refractivity (Wildman–Crippen MR) is 80.5 cm³/mol. The molecule has 3 aromatic rings. The fraction of sp³-hybridized carbons (Fsp3) is 0. The minimum absolute atomic E-state index is 0.277. The molecule has 0 aliphatic carbocycles. The second-order valence-corrected chi connectivity index (χ2v) is 5.18. The molecule has 94 valence electrons. The number of hydrogen-bond donors (Lipinski definition) is 0. The molecule has 1 aromatic carbocycles. The van der Waals surface area contributed by atoms with E-state index in [2.05, 4.69) is 15.0 Å². The van der Waals surface area contributed by atoms with Crippen LogP contribution in [0, 0.1) is 9.65 Å². The van der Waals surface area contributed by atoms with Crippen LogP contribution in [0.2, 0.25) is 5.15 Å².